The molecule has 32 heteroatoms. The molecule has 2 amide bonds. The van der Waals surface area contributed by atoms with Gasteiger partial charge in [-0.05, 0) is 117 Å². The number of nitrogens with zero attached hydrogens (tertiary/aromatic N) is 3. The van der Waals surface area contributed by atoms with Crippen molar-refractivity contribution < 1.29 is 91.8 Å². The molecule has 4 fully saturated rings. The van der Waals surface area contributed by atoms with E-state index in [0.717, 1.165) is 36.2 Å². The van der Waals surface area contributed by atoms with Crippen molar-refractivity contribution in [2.24, 2.45) is 5.16 Å². The number of aryl methyl sites for hydroxylation is 1. The molecule has 92 heavy (non-hydrogen) atoms. The molecule has 0 radical (unpaired) electrons. The van der Waals surface area contributed by atoms with Gasteiger partial charge in [0.1, 0.15) is 34.6 Å². The van der Waals surface area contributed by atoms with Crippen molar-refractivity contribution in [1.82, 2.24) is 20.6 Å². The summed E-state index contributed by atoms with van der Waals surface area (Å²) in [6, 6.07) is 18.7. The minimum absolute atomic E-state index is 0.0239. The molecule has 4 aromatic rings. The van der Waals surface area contributed by atoms with Crippen molar-refractivity contribution in [3.05, 3.63) is 93.9 Å². The van der Waals surface area contributed by atoms with Gasteiger partial charge in [0.05, 0.1) is 24.0 Å². The number of nitrogens with two attached hydrogens (primary N) is 2. The van der Waals surface area contributed by atoms with Crippen molar-refractivity contribution in [2.45, 2.75) is 204 Å². The summed E-state index contributed by atoms with van der Waals surface area (Å²) in [6.07, 6.45) is 6.53. The average Bonchev–Trinajstić information content (AvgIpc) is 2.52. The quantitative estimate of drug-likeness (QED) is 0.0245. The summed E-state index contributed by atoms with van der Waals surface area (Å²) in [4.78, 5) is 118. The van der Waals surface area contributed by atoms with E-state index in [-0.39, 0.29) is 113 Å². The predicted molar refractivity (Wildman–Crippen MR) is 347 cm³/mol. The van der Waals surface area contributed by atoms with Crippen LogP contribution in [-0.2, 0) is 74.7 Å². The number of rotatable bonds is 25. The zero-order chi connectivity index (χ0) is 67.7. The Morgan fingerprint density at radius 2 is 1.04 bits per heavy atom. The summed E-state index contributed by atoms with van der Waals surface area (Å²) in [6.45, 7) is 8.55. The number of oxime groups is 1. The topological polar surface area (TPSA) is 415 Å². The SMILES string of the molecule is CC(=O)C[C@@H]1CC[C@H](CC(=O)/C(=N\OC(C)(C)C(=O)O)c2csc(N)n2)B(O)O1.CC(=O)C[C@@H]1CC[C@H](CC(=O)CCc2ccccc2)B(O)O1.CC(=O)C[C@@H]1CC[C@H](NC(=O)Cc2csc(N)n2)B(O)O1.CC(=O)C[C@@H]1CC[C@H](NC(=O)c2ccccc2)B(O)O1. The lowest BCUT2D eigenvalue weighted by molar-refractivity contribution is -0.161. The van der Waals surface area contributed by atoms with E-state index in [1.54, 1.807) is 29.6 Å². The number of thiazole rings is 2. The number of hydrogen-bond donors (Lipinski definition) is 9. The lowest BCUT2D eigenvalue weighted by Gasteiger charge is -2.31. The molecule has 0 bridgehead atoms. The highest BCUT2D eigenvalue weighted by Gasteiger charge is 2.41. The molecule has 0 aliphatic carbocycles. The van der Waals surface area contributed by atoms with Crippen LogP contribution in [0, 0.1) is 0 Å². The molecule has 2 aromatic heterocycles. The number of aliphatic carboxylic acids is 1. The number of nitrogens with one attached hydrogen (secondary N) is 2. The standard InChI is InChI=1S/C17H24BN3O7S.C17H23BO4.C14H18BNO4.C12H18BN3O4S/c1-9(22)6-11-5-4-10(18(26)27-11)7-13(23)14(12-8-29-16(19)20-12)21-28-17(2,3)15(24)25;1-13(19)11-17-10-8-15(18(21)22-17)12-16(20)9-7-14-5-3-2-4-6-14;1-10(17)9-12-7-8-13(15(19)20-12)16-14(18)11-5-3-2-4-6-11;1-7(17)4-9-2-3-10(13(19)20-9)16-11(18)5-8-6-21-12(14)15-8/h8,10-11,26H,4-7H2,1-3H3,(H2,19,20)(H,24,25);2-6,15,17,21H,7-12H2,1H3;2-6,12-13,19H,7-9H2,1H3,(H,16,18);6,9-10,19H,2-5H2,1H3,(H2,14,15)(H,16,18)/b21-14-;;;/t10-,11+;15-,17+;12-,13-;9-,10-/m1100/s1. The second kappa shape index (κ2) is 37.7. The Hall–Kier alpha value is -6.86. The molecular weight excluding hydrogens is 1230 g/mol. The summed E-state index contributed by atoms with van der Waals surface area (Å²) in [7, 11) is -4.29. The predicted octanol–water partition coefficient (Wildman–Crippen LogP) is 4.76. The number of anilines is 2. The van der Waals surface area contributed by atoms with E-state index in [1.807, 2.05) is 36.4 Å². The Bertz CT molecular complexity index is 3130. The normalized spacial score (nSPS) is 21.5. The molecule has 4 aliphatic heterocycles. The fraction of sp³-hybridized carbons (Fsp3) is 0.533. The van der Waals surface area contributed by atoms with Crippen LogP contribution < -0.4 is 22.1 Å². The van der Waals surface area contributed by atoms with E-state index < -0.39 is 63.5 Å². The zero-order valence-electron chi connectivity index (χ0n) is 52.6. The van der Waals surface area contributed by atoms with Gasteiger partial charge in [-0.15, -0.1) is 22.7 Å². The van der Waals surface area contributed by atoms with Crippen molar-refractivity contribution in [2.75, 3.05) is 11.5 Å². The highest BCUT2D eigenvalue weighted by atomic mass is 32.1. The number of benzene rings is 2. The maximum atomic E-state index is 12.9. The van der Waals surface area contributed by atoms with E-state index in [1.165, 1.54) is 58.3 Å². The second-order valence-electron chi connectivity index (χ2n) is 23.8. The van der Waals surface area contributed by atoms with Crippen LogP contribution >= 0.6 is 22.7 Å². The van der Waals surface area contributed by atoms with Gasteiger partial charge in [0.25, 0.3) is 5.91 Å². The number of carboxylic acids is 1. The number of carboxylic acid groups (broad SMARTS) is 1. The Kier molecular flexibility index (Phi) is 31.1. The van der Waals surface area contributed by atoms with Crippen LogP contribution in [-0.4, -0.2) is 164 Å². The van der Waals surface area contributed by atoms with Crippen LogP contribution in [0.25, 0.3) is 0 Å². The maximum Gasteiger partial charge on any atom is 0.478 e. The molecular formula is C60H83B4N7O19S2. The third-order valence-corrected chi connectivity index (χ3v) is 16.6. The van der Waals surface area contributed by atoms with E-state index in [0.29, 0.717) is 80.6 Å². The Morgan fingerprint density at radius 3 is 1.48 bits per heavy atom. The molecule has 26 nitrogen and oxygen atoms in total. The number of aromatic nitrogens is 2. The fourth-order valence-corrected chi connectivity index (χ4v) is 11.4. The first-order valence-electron chi connectivity index (χ1n) is 30.5. The number of amides is 2. The first kappa shape index (κ1) is 75.9. The van der Waals surface area contributed by atoms with Crippen LogP contribution in [0.15, 0.2) is 76.6 Å². The third kappa shape index (κ3) is 27.0. The van der Waals surface area contributed by atoms with Gasteiger partial charge in [-0.25, -0.2) is 14.8 Å². The van der Waals surface area contributed by atoms with Crippen molar-refractivity contribution >= 4 is 120 Å². The highest BCUT2D eigenvalue weighted by molar-refractivity contribution is 7.14. The second-order valence-corrected chi connectivity index (χ2v) is 25.6. The molecule has 11 N–H and O–H groups in total. The molecule has 4 aliphatic rings. The largest absolute Gasteiger partial charge is 0.478 e. The smallest absolute Gasteiger partial charge is 0.478 e. The van der Waals surface area contributed by atoms with E-state index >= 15 is 0 Å². The maximum absolute atomic E-state index is 12.9. The average molecular weight is 1310 g/mol. The molecule has 0 saturated carbocycles. The summed E-state index contributed by atoms with van der Waals surface area (Å²) >= 11 is 2.38. The van der Waals surface area contributed by atoms with Crippen molar-refractivity contribution in [1.29, 1.82) is 0 Å². The van der Waals surface area contributed by atoms with Gasteiger partial charge < -0.3 is 70.8 Å². The van der Waals surface area contributed by atoms with Crippen molar-refractivity contribution in [3.63, 3.8) is 0 Å². The van der Waals surface area contributed by atoms with Gasteiger partial charge in [-0.3, -0.25) is 38.4 Å². The van der Waals surface area contributed by atoms with Gasteiger partial charge in [0, 0.05) is 97.3 Å². The molecule has 8 rings (SSSR count). The van der Waals surface area contributed by atoms with E-state index in [2.05, 4.69) is 25.8 Å². The summed E-state index contributed by atoms with van der Waals surface area (Å²) in [5.74, 6) is -3.52. The number of carbonyl (C=O) groups is 9. The summed E-state index contributed by atoms with van der Waals surface area (Å²) < 4.78 is 21.6. The van der Waals surface area contributed by atoms with Crippen LogP contribution in [0.3, 0.4) is 0 Å². The van der Waals surface area contributed by atoms with Gasteiger partial charge in [-0.1, -0.05) is 53.7 Å². The first-order valence-corrected chi connectivity index (χ1v) is 32.3. The van der Waals surface area contributed by atoms with Crippen LogP contribution in [0.1, 0.15) is 165 Å². The Labute approximate surface area is 544 Å². The summed E-state index contributed by atoms with van der Waals surface area (Å²) in [5, 5.41) is 62.3. The molecule has 8 atom stereocenters. The van der Waals surface area contributed by atoms with E-state index in [9.17, 15) is 63.2 Å². The van der Waals surface area contributed by atoms with Crippen LogP contribution in [0.5, 0.6) is 0 Å². The molecule has 6 heterocycles. The van der Waals surface area contributed by atoms with Gasteiger partial charge in [0.2, 0.25) is 11.5 Å². The zero-order valence-corrected chi connectivity index (χ0v) is 54.3. The molecule has 0 unspecified atom stereocenters. The van der Waals surface area contributed by atoms with Gasteiger partial charge in [0.15, 0.2) is 21.8 Å². The third-order valence-electron chi connectivity index (χ3n) is 15.2. The fourth-order valence-electron chi connectivity index (χ4n) is 10.3. The van der Waals surface area contributed by atoms with Gasteiger partial charge >= 0.3 is 34.4 Å². The van der Waals surface area contributed by atoms with Crippen LogP contribution in [0.2, 0.25) is 11.6 Å². The first-order chi connectivity index (χ1) is 43.5. The number of carbonyl (C=O) groups excluding carboxylic acids is 8. The Balaban J connectivity index is 0.000000225. The number of nitrogen functional groups attached to an aromatic ring is 2. The minimum Gasteiger partial charge on any atom is -0.478 e. The number of ketones is 6. The molecule has 496 valence electrons. The monoisotopic (exact) mass is 1310 g/mol. The summed E-state index contributed by atoms with van der Waals surface area (Å²) in [5.41, 5.74) is 11.8. The number of Topliss-reactive ketones (excluding diaryl/α,β-unsaturated/α-hetero) is 6. The van der Waals surface area contributed by atoms with Gasteiger partial charge in [-0.2, -0.15) is 0 Å². The lowest BCUT2D eigenvalue weighted by Crippen LogP contribution is -2.53. The molecule has 4 saturated heterocycles. The highest BCUT2D eigenvalue weighted by Crippen LogP contribution is 2.33. The minimum atomic E-state index is -1.65. The van der Waals surface area contributed by atoms with Crippen LogP contribution in [0.4, 0.5) is 10.3 Å². The lowest BCUT2D eigenvalue weighted by atomic mass is 9.64. The molecule has 0 spiro atoms. The number of hydrogen-bond acceptors (Lipinski definition) is 25. The Morgan fingerprint density at radius 1 is 0.598 bits per heavy atom. The molecule has 2 aromatic carbocycles. The van der Waals surface area contributed by atoms with Crippen molar-refractivity contribution in [3.8, 4) is 0 Å². The van der Waals surface area contributed by atoms with E-state index in [4.69, 9.17) is 40.0 Å².